The van der Waals surface area contributed by atoms with Gasteiger partial charge in [-0.25, -0.2) is 9.37 Å². The molecule has 4 nitrogen and oxygen atoms in total. The number of ether oxygens (including phenoxy) is 1. The highest BCUT2D eigenvalue weighted by Gasteiger charge is 2.02. The van der Waals surface area contributed by atoms with E-state index in [4.69, 9.17) is 4.74 Å². The summed E-state index contributed by atoms with van der Waals surface area (Å²) in [4.78, 5) is 4.28. The maximum absolute atomic E-state index is 12.9. The lowest BCUT2D eigenvalue weighted by molar-refractivity contribution is 0.305. The number of thiazole rings is 1. The molecule has 122 valence electrons. The zero-order valence-corrected chi connectivity index (χ0v) is 13.9. The number of aromatic nitrogens is 1. The molecule has 0 atom stereocenters. The van der Waals surface area contributed by atoms with Crippen molar-refractivity contribution in [1.29, 1.82) is 0 Å². The summed E-state index contributed by atoms with van der Waals surface area (Å²) in [5, 5.41) is 6.90. The van der Waals surface area contributed by atoms with Crippen molar-refractivity contribution in [3.63, 3.8) is 0 Å². The van der Waals surface area contributed by atoms with Crippen molar-refractivity contribution in [1.82, 2.24) is 4.98 Å². The summed E-state index contributed by atoms with van der Waals surface area (Å²) >= 11 is 1.50. The number of halogens is 1. The summed E-state index contributed by atoms with van der Waals surface area (Å²) in [5.74, 6) is 0.456. The van der Waals surface area contributed by atoms with Crippen LogP contribution in [-0.2, 0) is 6.61 Å². The molecule has 3 aromatic rings. The molecule has 2 aromatic carbocycles. The molecule has 0 radical (unpaired) electrons. The standard InChI is InChI=1S/C18H16FN3OS/c1-13-12-24-18(21-13)22-20-10-15-4-2-3-5-17(15)23-11-14-6-8-16(19)9-7-14/h2-10,12H,11H2,1H3,(H,21,22). The predicted molar refractivity (Wildman–Crippen MR) is 95.2 cm³/mol. The number of benzene rings is 2. The number of rotatable bonds is 6. The Hall–Kier alpha value is -2.73. The molecule has 1 N–H and O–H groups in total. The smallest absolute Gasteiger partial charge is 0.203 e. The lowest BCUT2D eigenvalue weighted by Gasteiger charge is -2.09. The quantitative estimate of drug-likeness (QED) is 0.526. The van der Waals surface area contributed by atoms with Crippen LogP contribution in [0.3, 0.4) is 0 Å². The highest BCUT2D eigenvalue weighted by Crippen LogP contribution is 2.18. The molecule has 0 saturated carbocycles. The van der Waals surface area contributed by atoms with Gasteiger partial charge in [0.1, 0.15) is 18.2 Å². The lowest BCUT2D eigenvalue weighted by atomic mass is 10.2. The van der Waals surface area contributed by atoms with E-state index in [-0.39, 0.29) is 5.82 Å². The number of hydrogen-bond acceptors (Lipinski definition) is 5. The lowest BCUT2D eigenvalue weighted by Crippen LogP contribution is -1.99. The second kappa shape index (κ2) is 7.70. The van der Waals surface area contributed by atoms with Crippen molar-refractivity contribution in [2.45, 2.75) is 13.5 Å². The van der Waals surface area contributed by atoms with E-state index >= 15 is 0 Å². The predicted octanol–water partition coefficient (Wildman–Crippen LogP) is 4.62. The molecule has 0 saturated heterocycles. The van der Waals surface area contributed by atoms with E-state index in [0.717, 1.165) is 22.0 Å². The van der Waals surface area contributed by atoms with Gasteiger partial charge in [-0.2, -0.15) is 5.10 Å². The summed E-state index contributed by atoms with van der Waals surface area (Å²) < 4.78 is 18.7. The largest absolute Gasteiger partial charge is 0.488 e. The third-order valence-corrected chi connectivity index (χ3v) is 4.07. The maximum Gasteiger partial charge on any atom is 0.203 e. The Kier molecular flexibility index (Phi) is 5.18. The molecule has 0 unspecified atom stereocenters. The van der Waals surface area contributed by atoms with E-state index in [0.29, 0.717) is 12.4 Å². The molecule has 0 aliphatic carbocycles. The van der Waals surface area contributed by atoms with Gasteiger partial charge >= 0.3 is 0 Å². The van der Waals surface area contributed by atoms with Gasteiger partial charge in [-0.15, -0.1) is 11.3 Å². The van der Waals surface area contributed by atoms with Gasteiger partial charge < -0.3 is 4.74 Å². The number of aryl methyl sites for hydroxylation is 1. The van der Waals surface area contributed by atoms with Crippen molar-refractivity contribution in [3.8, 4) is 5.75 Å². The van der Waals surface area contributed by atoms with Crippen LogP contribution in [0, 0.1) is 12.7 Å². The fourth-order valence-electron chi connectivity index (χ4n) is 2.02. The molecule has 0 amide bonds. The van der Waals surface area contributed by atoms with Crippen LogP contribution < -0.4 is 10.2 Å². The molecule has 0 spiro atoms. The second-order valence-corrected chi connectivity index (χ2v) is 5.98. The topological polar surface area (TPSA) is 46.5 Å². The van der Waals surface area contributed by atoms with Crippen LogP contribution in [0.5, 0.6) is 5.75 Å². The van der Waals surface area contributed by atoms with E-state index < -0.39 is 0 Å². The molecule has 1 aromatic heterocycles. The minimum atomic E-state index is -0.255. The van der Waals surface area contributed by atoms with Crippen LogP contribution in [0.1, 0.15) is 16.8 Å². The molecule has 0 fully saturated rings. The summed E-state index contributed by atoms with van der Waals surface area (Å²) in [6.45, 7) is 2.30. The molecule has 6 heteroatoms. The average molecular weight is 341 g/mol. The van der Waals surface area contributed by atoms with Gasteiger partial charge in [-0.05, 0) is 36.8 Å². The van der Waals surface area contributed by atoms with Gasteiger partial charge in [0, 0.05) is 10.9 Å². The molecule has 1 heterocycles. The first-order valence-corrected chi connectivity index (χ1v) is 8.26. The Labute approximate surface area is 143 Å². The third-order valence-electron chi connectivity index (χ3n) is 3.21. The number of hydrazone groups is 1. The van der Waals surface area contributed by atoms with Gasteiger partial charge in [-0.1, -0.05) is 24.3 Å². The molecule has 24 heavy (non-hydrogen) atoms. The van der Waals surface area contributed by atoms with Gasteiger partial charge in [0.05, 0.1) is 11.9 Å². The van der Waals surface area contributed by atoms with Crippen LogP contribution in [0.15, 0.2) is 59.0 Å². The Balaban J connectivity index is 1.65. The normalized spacial score (nSPS) is 10.9. The van der Waals surface area contributed by atoms with Crippen LogP contribution >= 0.6 is 11.3 Å². The van der Waals surface area contributed by atoms with E-state index in [1.165, 1.54) is 23.5 Å². The molecule has 3 rings (SSSR count). The Morgan fingerprint density at radius 1 is 1.21 bits per heavy atom. The zero-order valence-electron chi connectivity index (χ0n) is 13.1. The monoisotopic (exact) mass is 341 g/mol. The fraction of sp³-hybridized carbons (Fsp3) is 0.111. The van der Waals surface area contributed by atoms with E-state index in [1.54, 1.807) is 18.3 Å². The van der Waals surface area contributed by atoms with Gasteiger partial charge in [0.2, 0.25) is 5.13 Å². The molecule has 0 aliphatic heterocycles. The highest BCUT2D eigenvalue weighted by atomic mass is 32.1. The number of nitrogens with one attached hydrogen (secondary N) is 1. The number of nitrogens with zero attached hydrogens (tertiary/aromatic N) is 2. The molecular formula is C18H16FN3OS. The maximum atomic E-state index is 12.9. The summed E-state index contributed by atoms with van der Waals surface area (Å²) in [6, 6.07) is 13.9. The Morgan fingerprint density at radius 2 is 2.00 bits per heavy atom. The highest BCUT2D eigenvalue weighted by molar-refractivity contribution is 7.13. The van der Waals surface area contributed by atoms with Crippen LogP contribution in [-0.4, -0.2) is 11.2 Å². The van der Waals surface area contributed by atoms with Gasteiger partial charge in [-0.3, -0.25) is 5.43 Å². The molecule has 0 bridgehead atoms. The van der Waals surface area contributed by atoms with Crippen LogP contribution in [0.4, 0.5) is 9.52 Å². The molecule has 0 aliphatic rings. The number of hydrogen-bond donors (Lipinski definition) is 1. The first-order chi connectivity index (χ1) is 11.7. The van der Waals surface area contributed by atoms with Crippen LogP contribution in [0.25, 0.3) is 0 Å². The van der Waals surface area contributed by atoms with E-state index in [9.17, 15) is 4.39 Å². The molecular weight excluding hydrogens is 325 g/mol. The van der Waals surface area contributed by atoms with E-state index in [2.05, 4.69) is 15.5 Å². The third kappa shape index (κ3) is 4.39. The first kappa shape index (κ1) is 16.1. The van der Waals surface area contributed by atoms with Crippen molar-refractivity contribution >= 4 is 22.7 Å². The average Bonchev–Trinajstić information content (AvgIpc) is 3.01. The van der Waals surface area contributed by atoms with E-state index in [1.807, 2.05) is 36.6 Å². The minimum Gasteiger partial charge on any atom is -0.488 e. The van der Waals surface area contributed by atoms with Crippen molar-refractivity contribution in [2.24, 2.45) is 5.10 Å². The summed E-state index contributed by atoms with van der Waals surface area (Å²) in [7, 11) is 0. The van der Waals surface area contributed by atoms with Gasteiger partial charge in [0.25, 0.3) is 0 Å². The fourth-order valence-corrected chi connectivity index (χ4v) is 2.66. The van der Waals surface area contributed by atoms with Crippen molar-refractivity contribution in [3.05, 3.63) is 76.5 Å². The number of anilines is 1. The zero-order chi connectivity index (χ0) is 16.8. The van der Waals surface area contributed by atoms with Gasteiger partial charge in [0.15, 0.2) is 0 Å². The summed E-state index contributed by atoms with van der Waals surface area (Å²) in [6.07, 6.45) is 1.69. The minimum absolute atomic E-state index is 0.255. The Morgan fingerprint density at radius 3 is 2.75 bits per heavy atom. The first-order valence-electron chi connectivity index (χ1n) is 7.38. The summed E-state index contributed by atoms with van der Waals surface area (Å²) in [5.41, 5.74) is 5.61. The Bertz CT molecular complexity index is 830. The SMILES string of the molecule is Cc1csc(NN=Cc2ccccc2OCc2ccc(F)cc2)n1. The second-order valence-electron chi connectivity index (χ2n) is 5.12. The number of para-hydroxylation sites is 1. The van der Waals surface area contributed by atoms with Crippen LogP contribution in [0.2, 0.25) is 0 Å². The van der Waals surface area contributed by atoms with Crippen molar-refractivity contribution in [2.75, 3.05) is 5.43 Å². The van der Waals surface area contributed by atoms with Crippen molar-refractivity contribution < 1.29 is 9.13 Å².